The van der Waals surface area contributed by atoms with Gasteiger partial charge in [0, 0.05) is 0 Å². The van der Waals surface area contributed by atoms with Crippen molar-refractivity contribution in [2.75, 3.05) is 9.96 Å². The first-order chi connectivity index (χ1) is 15.8. The predicted molar refractivity (Wildman–Crippen MR) is 119 cm³/mol. The summed E-state index contributed by atoms with van der Waals surface area (Å²) < 4.78 is 0. The molecule has 33 heavy (non-hydrogen) atoms. The van der Waals surface area contributed by atoms with Crippen molar-refractivity contribution in [2.45, 2.75) is 19.1 Å². The molecule has 2 N–H and O–H groups in total. The van der Waals surface area contributed by atoms with Crippen LogP contribution in [0.2, 0.25) is 0 Å². The van der Waals surface area contributed by atoms with Gasteiger partial charge >= 0.3 is 5.97 Å². The van der Waals surface area contributed by atoms with Gasteiger partial charge in [-0.3, -0.25) is 14.4 Å². The molecule has 0 bridgehead atoms. The first-order valence-corrected chi connectivity index (χ1v) is 10.4. The van der Waals surface area contributed by atoms with Crippen molar-refractivity contribution in [1.29, 1.82) is 0 Å². The third kappa shape index (κ3) is 3.41. The highest BCUT2D eigenvalue weighted by Crippen LogP contribution is 2.47. The lowest BCUT2D eigenvalue weighted by Crippen LogP contribution is -2.37. The van der Waals surface area contributed by atoms with Gasteiger partial charge in [-0.2, -0.15) is 0 Å². The van der Waals surface area contributed by atoms with E-state index in [1.807, 2.05) is 31.2 Å². The molecule has 3 atom stereocenters. The minimum absolute atomic E-state index is 0.0572. The van der Waals surface area contributed by atoms with E-state index in [9.17, 15) is 19.5 Å². The van der Waals surface area contributed by atoms with Crippen LogP contribution in [-0.2, 0) is 14.4 Å². The summed E-state index contributed by atoms with van der Waals surface area (Å²) in [6, 6.07) is 19.0. The highest BCUT2D eigenvalue weighted by molar-refractivity contribution is 6.24. The van der Waals surface area contributed by atoms with Crippen molar-refractivity contribution in [1.82, 2.24) is 0 Å². The summed E-state index contributed by atoms with van der Waals surface area (Å²) in [5, 5.41) is 20.4. The zero-order valence-corrected chi connectivity index (χ0v) is 17.6. The zero-order valence-electron chi connectivity index (χ0n) is 17.6. The largest absolute Gasteiger partial charge is 0.508 e. The number of phenolic OH excluding ortho intramolecular Hbond substituents is 1. The van der Waals surface area contributed by atoms with E-state index >= 15 is 0 Å². The van der Waals surface area contributed by atoms with E-state index in [-0.39, 0.29) is 11.3 Å². The van der Waals surface area contributed by atoms with Gasteiger partial charge in [-0.25, -0.2) is 14.8 Å². The Morgan fingerprint density at radius 3 is 2.06 bits per heavy atom. The molecule has 3 aromatic rings. The van der Waals surface area contributed by atoms with E-state index < -0.39 is 35.8 Å². The van der Waals surface area contributed by atoms with Crippen molar-refractivity contribution in [3.8, 4) is 5.75 Å². The topological polar surface area (TPSA) is 107 Å². The molecule has 8 heteroatoms. The summed E-state index contributed by atoms with van der Waals surface area (Å²) in [4.78, 5) is 45.1. The summed E-state index contributed by atoms with van der Waals surface area (Å²) in [7, 11) is 0. The molecule has 2 heterocycles. The van der Waals surface area contributed by atoms with Crippen molar-refractivity contribution < 1.29 is 29.4 Å². The van der Waals surface area contributed by atoms with Crippen LogP contribution < -0.4 is 9.96 Å². The number of carboxylic acid groups (broad SMARTS) is 1. The van der Waals surface area contributed by atoms with Gasteiger partial charge in [-0.05, 0) is 61.0 Å². The maximum Gasteiger partial charge on any atom is 0.335 e. The molecule has 0 saturated carbocycles. The van der Waals surface area contributed by atoms with Gasteiger partial charge in [-0.1, -0.05) is 29.8 Å². The Labute approximate surface area is 189 Å². The second-order valence-electron chi connectivity index (χ2n) is 8.11. The summed E-state index contributed by atoms with van der Waals surface area (Å²) in [5.41, 5.74) is 2.82. The Hall–Kier alpha value is -4.17. The van der Waals surface area contributed by atoms with Gasteiger partial charge in [0.1, 0.15) is 11.7 Å². The average Bonchev–Trinajstić information content (AvgIpc) is 3.31. The van der Waals surface area contributed by atoms with Crippen LogP contribution in [0, 0.1) is 12.8 Å². The van der Waals surface area contributed by atoms with Crippen molar-refractivity contribution >= 4 is 29.2 Å². The number of carbonyl (C=O) groups is 3. The second kappa shape index (κ2) is 7.75. The number of fused-ring (bicyclic) bond motifs is 1. The molecular formula is C25H20N2O6. The van der Waals surface area contributed by atoms with Crippen LogP contribution in [0.3, 0.4) is 0 Å². The molecule has 2 fully saturated rings. The summed E-state index contributed by atoms with van der Waals surface area (Å²) >= 11 is 0. The lowest BCUT2D eigenvalue weighted by atomic mass is 9.90. The number of anilines is 2. The molecule has 5 rings (SSSR count). The number of aryl methyl sites for hydroxylation is 1. The van der Waals surface area contributed by atoms with Gasteiger partial charge in [0.15, 0.2) is 6.10 Å². The first-order valence-electron chi connectivity index (χ1n) is 10.4. The van der Waals surface area contributed by atoms with Crippen molar-refractivity contribution in [2.24, 2.45) is 5.92 Å². The minimum Gasteiger partial charge on any atom is -0.508 e. The van der Waals surface area contributed by atoms with Gasteiger partial charge in [0.2, 0.25) is 5.91 Å². The van der Waals surface area contributed by atoms with Gasteiger partial charge in [-0.15, -0.1) is 0 Å². The highest BCUT2D eigenvalue weighted by atomic mass is 16.7. The summed E-state index contributed by atoms with van der Waals surface area (Å²) in [6.45, 7) is 1.96. The van der Waals surface area contributed by atoms with Crippen LogP contribution in [0.15, 0.2) is 72.8 Å². The molecule has 0 radical (unpaired) electrons. The van der Waals surface area contributed by atoms with E-state index in [1.165, 1.54) is 36.4 Å². The van der Waals surface area contributed by atoms with Crippen LogP contribution >= 0.6 is 0 Å². The van der Waals surface area contributed by atoms with E-state index in [2.05, 4.69) is 0 Å². The Balaban J connectivity index is 1.55. The Morgan fingerprint density at radius 1 is 0.848 bits per heavy atom. The number of imide groups is 1. The Kier molecular flexibility index (Phi) is 4.87. The van der Waals surface area contributed by atoms with Gasteiger partial charge < -0.3 is 10.2 Å². The SMILES string of the molecule is Cc1ccc(N2O[C@@H]3C(=O)N(c4ccc(C(=O)O)cc4)C(=O)[C@@H]3[C@@H]2c2ccc(O)cc2)cc1. The number of nitrogens with zero attached hydrogens (tertiary/aromatic N) is 2. The molecule has 2 amide bonds. The fourth-order valence-electron chi connectivity index (χ4n) is 4.35. The molecule has 2 aliphatic rings. The minimum atomic E-state index is -1.10. The van der Waals surface area contributed by atoms with Crippen LogP contribution in [-0.4, -0.2) is 34.1 Å². The molecular weight excluding hydrogens is 424 g/mol. The molecule has 2 aliphatic heterocycles. The fourth-order valence-corrected chi connectivity index (χ4v) is 4.35. The van der Waals surface area contributed by atoms with Crippen LogP contribution in [0.4, 0.5) is 11.4 Å². The maximum absolute atomic E-state index is 13.5. The van der Waals surface area contributed by atoms with Crippen LogP contribution in [0.1, 0.15) is 27.5 Å². The zero-order chi connectivity index (χ0) is 23.3. The number of hydrogen-bond acceptors (Lipinski definition) is 6. The van der Waals surface area contributed by atoms with Crippen LogP contribution in [0.5, 0.6) is 5.75 Å². The lowest BCUT2D eigenvalue weighted by molar-refractivity contribution is -0.126. The second-order valence-corrected chi connectivity index (χ2v) is 8.11. The van der Waals surface area contributed by atoms with Gasteiger partial charge in [0.05, 0.1) is 23.0 Å². The van der Waals surface area contributed by atoms with E-state index in [0.29, 0.717) is 16.9 Å². The maximum atomic E-state index is 13.5. The number of rotatable bonds is 4. The van der Waals surface area contributed by atoms with Gasteiger partial charge in [0.25, 0.3) is 5.91 Å². The normalized spacial score (nSPS) is 22.0. The van der Waals surface area contributed by atoms with Crippen molar-refractivity contribution in [3.05, 3.63) is 89.5 Å². The number of carboxylic acids is 1. The molecule has 0 spiro atoms. The molecule has 0 aromatic heterocycles. The summed E-state index contributed by atoms with van der Waals surface area (Å²) in [5.74, 6) is -2.76. The fraction of sp³-hybridized carbons (Fsp3) is 0.160. The van der Waals surface area contributed by atoms with E-state index in [4.69, 9.17) is 9.94 Å². The highest BCUT2D eigenvalue weighted by Gasteiger charge is 2.60. The number of carbonyl (C=O) groups excluding carboxylic acids is 2. The first kappa shape index (κ1) is 20.7. The number of hydrogen-bond donors (Lipinski definition) is 2. The quantitative estimate of drug-likeness (QED) is 0.594. The van der Waals surface area contributed by atoms with E-state index in [0.717, 1.165) is 10.5 Å². The third-order valence-electron chi connectivity index (χ3n) is 6.01. The molecule has 8 nitrogen and oxygen atoms in total. The van der Waals surface area contributed by atoms with Crippen LogP contribution in [0.25, 0.3) is 0 Å². The standard InChI is InChI=1S/C25H20N2O6/c1-14-2-8-18(9-3-14)27-21(15-6-12-19(28)13-7-15)20-22(33-27)24(30)26(23(20)29)17-10-4-16(5-11-17)25(31)32/h2-13,20-22,28H,1H3,(H,31,32)/t20-,21+,22+/m1/s1. The Bertz CT molecular complexity index is 1240. The average molecular weight is 444 g/mol. The molecule has 2 saturated heterocycles. The predicted octanol–water partition coefficient (Wildman–Crippen LogP) is 3.45. The number of amides is 2. The molecule has 0 aliphatic carbocycles. The van der Waals surface area contributed by atoms with E-state index in [1.54, 1.807) is 17.2 Å². The molecule has 166 valence electrons. The number of benzene rings is 3. The number of aromatic hydroxyl groups is 1. The summed E-state index contributed by atoms with van der Waals surface area (Å²) in [6.07, 6.45) is -1.03. The Morgan fingerprint density at radius 2 is 1.45 bits per heavy atom. The third-order valence-corrected chi connectivity index (χ3v) is 6.01. The number of hydroxylamine groups is 1. The molecule has 0 unspecified atom stereocenters. The number of aromatic carboxylic acids is 1. The monoisotopic (exact) mass is 444 g/mol. The number of phenols is 1. The molecule has 3 aromatic carbocycles. The smallest absolute Gasteiger partial charge is 0.335 e. The lowest BCUT2D eigenvalue weighted by Gasteiger charge is -2.29. The van der Waals surface area contributed by atoms with Crippen molar-refractivity contribution in [3.63, 3.8) is 0 Å².